The van der Waals surface area contributed by atoms with E-state index in [1.165, 1.54) is 29.6 Å². The second-order valence-electron chi connectivity index (χ2n) is 3.82. The Kier molecular flexibility index (Phi) is 1.67. The van der Waals surface area contributed by atoms with Crippen LogP contribution in [0, 0.1) is 0 Å². The van der Waals surface area contributed by atoms with Crippen LogP contribution in [0.3, 0.4) is 0 Å². The summed E-state index contributed by atoms with van der Waals surface area (Å²) in [5, 5.41) is 0. The first-order valence-electron chi connectivity index (χ1n) is 4.62. The summed E-state index contributed by atoms with van der Waals surface area (Å²) in [6.07, 6.45) is 4.24. The highest BCUT2D eigenvalue weighted by Crippen LogP contribution is 2.38. The fourth-order valence-electron chi connectivity index (χ4n) is 2.22. The second-order valence-corrected chi connectivity index (χ2v) is 3.82. The van der Waals surface area contributed by atoms with Crippen LogP contribution in [-0.2, 0) is 4.79 Å². The van der Waals surface area contributed by atoms with Crippen LogP contribution in [0.5, 0.6) is 0 Å². The van der Waals surface area contributed by atoms with E-state index >= 15 is 0 Å². The highest BCUT2D eigenvalue weighted by Gasteiger charge is 2.27. The summed E-state index contributed by atoms with van der Waals surface area (Å²) < 4.78 is 0. The molecule has 0 aromatic carbocycles. The number of Topliss-reactive ketones (excluding diaryl/α,β-unsaturated/α-hetero) is 1. The highest BCUT2D eigenvalue weighted by atomic mass is 16.1. The molecule has 0 radical (unpaired) electrons. The van der Waals surface area contributed by atoms with Crippen molar-refractivity contribution < 1.29 is 4.79 Å². The molecule has 0 aromatic rings. The normalized spacial score (nSPS) is 23.7. The first kappa shape index (κ1) is 7.78. The molecule has 0 saturated carbocycles. The number of allylic oxidation sites excluding steroid dienone is 4. The van der Waals surface area contributed by atoms with Crippen LogP contribution < -0.4 is 0 Å². The topological polar surface area (TPSA) is 17.1 Å². The summed E-state index contributed by atoms with van der Waals surface area (Å²) in [7, 11) is 0. The number of carbonyl (C=O) groups is 1. The van der Waals surface area contributed by atoms with Crippen LogP contribution in [0.2, 0.25) is 0 Å². The van der Waals surface area contributed by atoms with Crippen LogP contribution in [0.1, 0.15) is 39.5 Å². The van der Waals surface area contributed by atoms with Gasteiger partial charge in [0.1, 0.15) is 0 Å². The van der Waals surface area contributed by atoms with Gasteiger partial charge in [0.25, 0.3) is 0 Å². The molecule has 0 unspecified atom stereocenters. The summed E-state index contributed by atoms with van der Waals surface area (Å²) in [4.78, 5) is 11.4. The molecule has 1 heteroatoms. The van der Waals surface area contributed by atoms with E-state index in [0.717, 1.165) is 12.0 Å². The zero-order chi connectivity index (χ0) is 8.72. The van der Waals surface area contributed by atoms with Crippen molar-refractivity contribution in [2.75, 3.05) is 0 Å². The summed E-state index contributed by atoms with van der Waals surface area (Å²) >= 11 is 0. The molecule has 0 saturated heterocycles. The lowest BCUT2D eigenvalue weighted by atomic mass is 9.89. The molecule has 2 rings (SSSR count). The van der Waals surface area contributed by atoms with E-state index in [0.29, 0.717) is 12.2 Å². The van der Waals surface area contributed by atoms with Crippen LogP contribution in [-0.4, -0.2) is 5.78 Å². The number of rotatable bonds is 0. The van der Waals surface area contributed by atoms with Crippen molar-refractivity contribution in [2.24, 2.45) is 0 Å². The first-order valence-corrected chi connectivity index (χ1v) is 4.62. The minimum Gasteiger partial charge on any atom is -0.294 e. The number of hydrogen-bond donors (Lipinski definition) is 0. The van der Waals surface area contributed by atoms with Gasteiger partial charge in [-0.15, -0.1) is 0 Å². The Morgan fingerprint density at radius 1 is 1.08 bits per heavy atom. The molecule has 0 aromatic heterocycles. The SMILES string of the molecule is CC1=C2CC(=O)C(C)=C2CCC1. The Morgan fingerprint density at radius 2 is 1.83 bits per heavy atom. The second kappa shape index (κ2) is 2.58. The van der Waals surface area contributed by atoms with Crippen molar-refractivity contribution in [3.63, 3.8) is 0 Å². The Hall–Kier alpha value is -0.850. The van der Waals surface area contributed by atoms with Gasteiger partial charge in [0.2, 0.25) is 0 Å². The van der Waals surface area contributed by atoms with E-state index in [-0.39, 0.29) is 0 Å². The summed E-state index contributed by atoms with van der Waals surface area (Å²) in [5.74, 6) is 0.348. The standard InChI is InChI=1S/C11H14O/c1-7-4-3-5-9-8(2)11(12)6-10(7)9/h3-6H2,1-2H3. The van der Waals surface area contributed by atoms with Gasteiger partial charge >= 0.3 is 0 Å². The average Bonchev–Trinajstić information content (AvgIpc) is 2.32. The van der Waals surface area contributed by atoms with Crippen molar-refractivity contribution in [3.8, 4) is 0 Å². The zero-order valence-electron chi connectivity index (χ0n) is 7.74. The van der Waals surface area contributed by atoms with Gasteiger partial charge in [-0.05, 0) is 49.8 Å². The Labute approximate surface area is 73.2 Å². The average molecular weight is 162 g/mol. The summed E-state index contributed by atoms with van der Waals surface area (Å²) in [6, 6.07) is 0. The molecule has 64 valence electrons. The third-order valence-electron chi connectivity index (χ3n) is 3.07. The van der Waals surface area contributed by atoms with Gasteiger partial charge in [0, 0.05) is 6.42 Å². The lowest BCUT2D eigenvalue weighted by molar-refractivity contribution is -0.114. The third kappa shape index (κ3) is 0.961. The van der Waals surface area contributed by atoms with Crippen molar-refractivity contribution in [1.82, 2.24) is 0 Å². The number of ketones is 1. The molecule has 12 heavy (non-hydrogen) atoms. The van der Waals surface area contributed by atoms with Crippen molar-refractivity contribution in [2.45, 2.75) is 39.5 Å². The lowest BCUT2D eigenvalue weighted by Crippen LogP contribution is -1.97. The quantitative estimate of drug-likeness (QED) is 0.535. The highest BCUT2D eigenvalue weighted by molar-refractivity contribution is 6.02. The third-order valence-corrected chi connectivity index (χ3v) is 3.07. The smallest absolute Gasteiger partial charge is 0.163 e. The predicted octanol–water partition coefficient (Wildman–Crippen LogP) is 2.78. The van der Waals surface area contributed by atoms with Gasteiger partial charge in [0.05, 0.1) is 0 Å². The number of carbonyl (C=O) groups excluding carboxylic acids is 1. The van der Waals surface area contributed by atoms with E-state index in [9.17, 15) is 4.79 Å². The van der Waals surface area contributed by atoms with Crippen LogP contribution in [0.15, 0.2) is 22.3 Å². The molecule has 0 fully saturated rings. The monoisotopic (exact) mass is 162 g/mol. The minimum atomic E-state index is 0.348. The molecule has 0 atom stereocenters. The molecule has 1 nitrogen and oxygen atoms in total. The van der Waals surface area contributed by atoms with Crippen molar-refractivity contribution in [1.29, 1.82) is 0 Å². The van der Waals surface area contributed by atoms with Crippen molar-refractivity contribution >= 4 is 5.78 Å². The molecule has 2 aliphatic carbocycles. The van der Waals surface area contributed by atoms with E-state index in [2.05, 4.69) is 6.92 Å². The van der Waals surface area contributed by atoms with Gasteiger partial charge in [0.15, 0.2) is 5.78 Å². The number of hydrogen-bond acceptors (Lipinski definition) is 1. The zero-order valence-corrected chi connectivity index (χ0v) is 7.74. The first-order chi connectivity index (χ1) is 5.70. The van der Waals surface area contributed by atoms with E-state index < -0.39 is 0 Å². The Morgan fingerprint density at radius 3 is 2.50 bits per heavy atom. The van der Waals surface area contributed by atoms with Crippen LogP contribution in [0.25, 0.3) is 0 Å². The van der Waals surface area contributed by atoms with Crippen LogP contribution >= 0.6 is 0 Å². The van der Waals surface area contributed by atoms with Gasteiger partial charge in [-0.2, -0.15) is 0 Å². The maximum absolute atomic E-state index is 11.4. The van der Waals surface area contributed by atoms with Gasteiger partial charge in [-0.3, -0.25) is 4.79 Å². The largest absolute Gasteiger partial charge is 0.294 e. The molecule has 0 bridgehead atoms. The fraction of sp³-hybridized carbons (Fsp3) is 0.545. The number of fused-ring (bicyclic) bond motifs is 1. The predicted molar refractivity (Wildman–Crippen MR) is 48.9 cm³/mol. The van der Waals surface area contributed by atoms with Crippen LogP contribution in [0.4, 0.5) is 0 Å². The maximum atomic E-state index is 11.4. The van der Waals surface area contributed by atoms with Gasteiger partial charge in [-0.1, -0.05) is 5.57 Å². The molecule has 0 amide bonds. The lowest BCUT2D eigenvalue weighted by Gasteiger charge is -2.16. The maximum Gasteiger partial charge on any atom is 0.163 e. The van der Waals surface area contributed by atoms with E-state index in [4.69, 9.17) is 0 Å². The summed E-state index contributed by atoms with van der Waals surface area (Å²) in [6.45, 7) is 4.14. The van der Waals surface area contributed by atoms with Gasteiger partial charge in [-0.25, -0.2) is 0 Å². The molecular formula is C11H14O. The Bertz CT molecular complexity index is 305. The molecule has 0 spiro atoms. The van der Waals surface area contributed by atoms with E-state index in [1.54, 1.807) is 0 Å². The van der Waals surface area contributed by atoms with E-state index in [1.807, 2.05) is 6.92 Å². The molecule has 0 heterocycles. The minimum absolute atomic E-state index is 0.348. The molecule has 0 N–H and O–H groups in total. The summed E-state index contributed by atoms with van der Waals surface area (Å²) in [5.41, 5.74) is 5.21. The molecule has 0 aliphatic heterocycles. The van der Waals surface area contributed by atoms with Gasteiger partial charge < -0.3 is 0 Å². The fourth-order valence-corrected chi connectivity index (χ4v) is 2.22. The van der Waals surface area contributed by atoms with Crippen molar-refractivity contribution in [3.05, 3.63) is 22.3 Å². The molecule has 2 aliphatic rings. The molecular weight excluding hydrogens is 148 g/mol. The Balaban J connectivity index is 2.52.